The van der Waals surface area contributed by atoms with Crippen molar-refractivity contribution in [2.75, 3.05) is 6.61 Å². The molecule has 1 saturated heterocycles. The van der Waals surface area contributed by atoms with Gasteiger partial charge in [-0.1, -0.05) is 30.3 Å². The summed E-state index contributed by atoms with van der Waals surface area (Å²) in [6.45, 7) is 8.61. The Hall–Kier alpha value is -2.45. The number of rotatable bonds is 7. The van der Waals surface area contributed by atoms with Gasteiger partial charge in [-0.15, -0.1) is 0 Å². The molecule has 2 rings (SSSR count). The third-order valence-corrected chi connectivity index (χ3v) is 3.97. The SMILES string of the molecule is CC(C)(C)OC(=O)N[C@H](CC(=O)[C@H]1COC(C)(C)O1)C(=O)OCc1ccccc1. The number of alkyl carbamates (subject to hydrolysis) is 1. The normalized spacial score (nSPS) is 19.3. The molecule has 1 aliphatic heterocycles. The minimum atomic E-state index is -1.20. The number of carbonyl (C=O) groups is 3. The molecular formula is C21H29NO7. The predicted molar refractivity (Wildman–Crippen MR) is 104 cm³/mol. The number of amides is 1. The Morgan fingerprint density at radius 1 is 1.21 bits per heavy atom. The summed E-state index contributed by atoms with van der Waals surface area (Å²) in [6.07, 6.45) is -1.91. The molecule has 1 aliphatic rings. The third-order valence-electron chi connectivity index (χ3n) is 3.97. The van der Waals surface area contributed by atoms with Gasteiger partial charge in [0.15, 0.2) is 11.6 Å². The zero-order chi connectivity index (χ0) is 21.7. The standard InChI is InChI=1S/C21H29NO7/c1-20(2,3)29-19(25)22-15(11-16(23)17-13-27-21(4,5)28-17)18(24)26-12-14-9-7-6-8-10-14/h6-10,15,17H,11-13H2,1-5H3,(H,22,25)/t15-,17-/m1/s1. The van der Waals surface area contributed by atoms with E-state index in [1.54, 1.807) is 46.8 Å². The highest BCUT2D eigenvalue weighted by molar-refractivity contribution is 5.91. The van der Waals surface area contributed by atoms with Crippen molar-refractivity contribution in [1.29, 1.82) is 0 Å². The number of Topliss-reactive ketones (excluding diaryl/α,β-unsaturated/α-hetero) is 1. The number of ketones is 1. The molecule has 0 radical (unpaired) electrons. The van der Waals surface area contributed by atoms with Crippen LogP contribution in [0.3, 0.4) is 0 Å². The first kappa shape index (κ1) is 22.8. The van der Waals surface area contributed by atoms with E-state index >= 15 is 0 Å². The summed E-state index contributed by atoms with van der Waals surface area (Å²) in [5.74, 6) is -1.97. The fourth-order valence-electron chi connectivity index (χ4n) is 2.65. The molecule has 0 aliphatic carbocycles. The third kappa shape index (κ3) is 7.83. The van der Waals surface area contributed by atoms with Crippen LogP contribution in [-0.2, 0) is 35.1 Å². The summed E-state index contributed by atoms with van der Waals surface area (Å²) in [5.41, 5.74) is 0.0383. The van der Waals surface area contributed by atoms with E-state index < -0.39 is 35.6 Å². The molecular weight excluding hydrogens is 378 g/mol. The lowest BCUT2D eigenvalue weighted by atomic mass is 10.1. The Kier molecular flexibility index (Phi) is 7.37. The molecule has 160 valence electrons. The van der Waals surface area contributed by atoms with Gasteiger partial charge in [-0.2, -0.15) is 0 Å². The van der Waals surface area contributed by atoms with Crippen molar-refractivity contribution < 1.29 is 33.3 Å². The molecule has 1 fully saturated rings. The number of benzene rings is 1. The second kappa shape index (κ2) is 9.37. The second-order valence-corrected chi connectivity index (χ2v) is 8.28. The predicted octanol–water partition coefficient (Wildman–Crippen LogP) is 2.73. The fraction of sp³-hybridized carbons (Fsp3) is 0.571. The maximum absolute atomic E-state index is 12.6. The monoisotopic (exact) mass is 407 g/mol. The minimum Gasteiger partial charge on any atom is -0.459 e. The average molecular weight is 407 g/mol. The number of nitrogens with one attached hydrogen (secondary N) is 1. The Morgan fingerprint density at radius 3 is 2.41 bits per heavy atom. The molecule has 0 unspecified atom stereocenters. The molecule has 2 atom stereocenters. The van der Waals surface area contributed by atoms with Crippen molar-refractivity contribution >= 4 is 17.8 Å². The smallest absolute Gasteiger partial charge is 0.408 e. The zero-order valence-corrected chi connectivity index (χ0v) is 17.5. The van der Waals surface area contributed by atoms with Gasteiger partial charge in [0.2, 0.25) is 0 Å². The van der Waals surface area contributed by atoms with Crippen LogP contribution in [0.1, 0.15) is 46.6 Å². The van der Waals surface area contributed by atoms with Gasteiger partial charge < -0.3 is 24.3 Å². The van der Waals surface area contributed by atoms with Crippen LogP contribution in [-0.4, -0.2) is 48.0 Å². The first-order chi connectivity index (χ1) is 13.5. The number of ether oxygens (including phenoxy) is 4. The molecule has 1 amide bonds. The van der Waals surface area contributed by atoms with Crippen LogP contribution in [0.4, 0.5) is 4.79 Å². The maximum Gasteiger partial charge on any atom is 0.408 e. The van der Waals surface area contributed by atoms with Gasteiger partial charge >= 0.3 is 12.1 Å². The lowest BCUT2D eigenvalue weighted by Gasteiger charge is -2.23. The molecule has 1 N–H and O–H groups in total. The quantitative estimate of drug-likeness (QED) is 0.694. The molecule has 1 aromatic carbocycles. The summed E-state index contributed by atoms with van der Waals surface area (Å²) in [4.78, 5) is 37.3. The average Bonchev–Trinajstić information content (AvgIpc) is 2.98. The van der Waals surface area contributed by atoms with Crippen molar-refractivity contribution in [3.63, 3.8) is 0 Å². The van der Waals surface area contributed by atoms with Crippen LogP contribution in [0.2, 0.25) is 0 Å². The first-order valence-corrected chi connectivity index (χ1v) is 9.50. The van der Waals surface area contributed by atoms with Crippen molar-refractivity contribution in [2.45, 2.75) is 71.2 Å². The number of esters is 1. The summed E-state index contributed by atoms with van der Waals surface area (Å²) >= 11 is 0. The lowest BCUT2D eigenvalue weighted by molar-refractivity contribution is -0.155. The van der Waals surface area contributed by atoms with Crippen LogP contribution in [0.15, 0.2) is 30.3 Å². The molecule has 8 nitrogen and oxygen atoms in total. The summed E-state index contributed by atoms with van der Waals surface area (Å²) in [5, 5.41) is 2.43. The summed E-state index contributed by atoms with van der Waals surface area (Å²) in [6, 6.07) is 7.90. The van der Waals surface area contributed by atoms with E-state index in [2.05, 4.69) is 5.32 Å². The molecule has 29 heavy (non-hydrogen) atoms. The van der Waals surface area contributed by atoms with Gasteiger partial charge in [-0.3, -0.25) is 4.79 Å². The van der Waals surface area contributed by atoms with Gasteiger partial charge in [-0.25, -0.2) is 9.59 Å². The van der Waals surface area contributed by atoms with Crippen LogP contribution >= 0.6 is 0 Å². The number of hydrogen-bond donors (Lipinski definition) is 1. The minimum absolute atomic E-state index is 0.0242. The Balaban J connectivity index is 2.02. The van der Waals surface area contributed by atoms with E-state index in [0.29, 0.717) is 0 Å². The first-order valence-electron chi connectivity index (χ1n) is 9.50. The number of hydrogen-bond acceptors (Lipinski definition) is 7. The Bertz CT molecular complexity index is 724. The van der Waals surface area contributed by atoms with Crippen LogP contribution < -0.4 is 5.32 Å². The maximum atomic E-state index is 12.6. The molecule has 0 bridgehead atoms. The van der Waals surface area contributed by atoms with Crippen molar-refractivity contribution in [3.05, 3.63) is 35.9 Å². The zero-order valence-electron chi connectivity index (χ0n) is 17.5. The summed E-state index contributed by atoms with van der Waals surface area (Å²) in [7, 11) is 0. The van der Waals surface area contributed by atoms with Gasteiger partial charge in [0.05, 0.1) is 6.61 Å². The topological polar surface area (TPSA) is 100 Å². The van der Waals surface area contributed by atoms with E-state index in [4.69, 9.17) is 18.9 Å². The van der Waals surface area contributed by atoms with Gasteiger partial charge in [-0.05, 0) is 40.2 Å². The number of carbonyl (C=O) groups excluding carboxylic acids is 3. The van der Waals surface area contributed by atoms with E-state index in [1.807, 2.05) is 18.2 Å². The lowest BCUT2D eigenvalue weighted by Crippen LogP contribution is -2.46. The van der Waals surface area contributed by atoms with Crippen LogP contribution in [0.5, 0.6) is 0 Å². The highest BCUT2D eigenvalue weighted by atomic mass is 16.7. The highest BCUT2D eigenvalue weighted by Gasteiger charge is 2.39. The fourth-order valence-corrected chi connectivity index (χ4v) is 2.65. The van der Waals surface area contributed by atoms with E-state index in [9.17, 15) is 14.4 Å². The molecule has 0 saturated carbocycles. The summed E-state index contributed by atoms with van der Waals surface area (Å²) < 4.78 is 21.4. The Morgan fingerprint density at radius 2 is 1.86 bits per heavy atom. The van der Waals surface area contributed by atoms with Gasteiger partial charge in [0.25, 0.3) is 0 Å². The second-order valence-electron chi connectivity index (χ2n) is 8.28. The van der Waals surface area contributed by atoms with E-state index in [0.717, 1.165) is 5.56 Å². The molecule has 1 aromatic rings. The van der Waals surface area contributed by atoms with Crippen LogP contribution in [0.25, 0.3) is 0 Å². The van der Waals surface area contributed by atoms with E-state index in [-0.39, 0.29) is 25.4 Å². The van der Waals surface area contributed by atoms with Crippen LogP contribution in [0, 0.1) is 0 Å². The van der Waals surface area contributed by atoms with E-state index in [1.165, 1.54) is 0 Å². The highest BCUT2D eigenvalue weighted by Crippen LogP contribution is 2.24. The molecule has 8 heteroatoms. The van der Waals surface area contributed by atoms with Gasteiger partial charge in [0, 0.05) is 6.42 Å². The Labute approximate surface area is 170 Å². The largest absolute Gasteiger partial charge is 0.459 e. The molecule has 1 heterocycles. The molecule has 0 spiro atoms. The van der Waals surface area contributed by atoms with Gasteiger partial charge in [0.1, 0.15) is 24.4 Å². The van der Waals surface area contributed by atoms with Crippen molar-refractivity contribution in [1.82, 2.24) is 5.32 Å². The van der Waals surface area contributed by atoms with Crippen molar-refractivity contribution in [3.8, 4) is 0 Å². The molecule has 0 aromatic heterocycles. The van der Waals surface area contributed by atoms with Crippen molar-refractivity contribution in [2.24, 2.45) is 0 Å².